The van der Waals surface area contributed by atoms with E-state index in [-0.39, 0.29) is 9.88 Å². The molecule has 1 saturated heterocycles. The van der Waals surface area contributed by atoms with E-state index in [4.69, 9.17) is 15.6 Å². The number of H-pyrrole nitrogens is 1. The first kappa shape index (κ1) is 14.6. The number of nitrogens with zero attached hydrogens (tertiary/aromatic N) is 1. The van der Waals surface area contributed by atoms with E-state index in [0.29, 0.717) is 0 Å². The number of nitrogens with one attached hydrogen (secondary N) is 1. The summed E-state index contributed by atoms with van der Waals surface area (Å²) in [6.07, 6.45) is -1.13. The number of ether oxygens (including phenoxy) is 1. The van der Waals surface area contributed by atoms with Gasteiger partial charge in [0.25, 0.3) is 0 Å². The summed E-state index contributed by atoms with van der Waals surface area (Å²) in [7, 11) is 0. The van der Waals surface area contributed by atoms with Gasteiger partial charge < -0.3 is 0 Å². The molecular formula is C10H15N3O5Se. The molecule has 2 heterocycles. The van der Waals surface area contributed by atoms with Gasteiger partial charge in [0, 0.05) is 0 Å². The molecule has 0 saturated carbocycles. The van der Waals surface area contributed by atoms with Gasteiger partial charge in [-0.05, 0) is 0 Å². The fourth-order valence-corrected chi connectivity index (χ4v) is 2.86. The first-order chi connectivity index (χ1) is 8.74. The first-order valence-electron chi connectivity index (χ1n) is 5.54. The molecule has 9 heteroatoms. The van der Waals surface area contributed by atoms with E-state index in [1.807, 2.05) is 0 Å². The van der Waals surface area contributed by atoms with Crippen LogP contribution in [0.2, 0.25) is 0 Å². The Balaban J connectivity index is 2.59. The Morgan fingerprint density at radius 3 is 2.79 bits per heavy atom. The molecule has 8 nitrogen and oxygen atoms in total. The van der Waals surface area contributed by atoms with E-state index in [2.05, 4.69) is 20.6 Å². The van der Waals surface area contributed by atoms with Gasteiger partial charge in [0.1, 0.15) is 0 Å². The van der Waals surface area contributed by atoms with Crippen LogP contribution < -0.4 is 11.3 Å². The molecule has 0 amide bonds. The summed E-state index contributed by atoms with van der Waals surface area (Å²) in [4.78, 5) is 13.7. The Labute approximate surface area is 115 Å². The zero-order valence-corrected chi connectivity index (χ0v) is 11.8. The Morgan fingerprint density at radius 1 is 1.68 bits per heavy atom. The SMILES string of the molecule is C[C@@]1(n2ccc(=O)[nH]c2=[Se])O[C@H](CO)[C@@H](O)[C@@]1(N)O. The molecule has 106 valence electrons. The van der Waals surface area contributed by atoms with Gasteiger partial charge >= 0.3 is 115 Å². The third kappa shape index (κ3) is 2.03. The summed E-state index contributed by atoms with van der Waals surface area (Å²) in [6.45, 7) is 0.952. The second kappa shape index (κ2) is 4.64. The summed E-state index contributed by atoms with van der Waals surface area (Å²) in [6, 6.07) is 1.23. The van der Waals surface area contributed by atoms with Crippen molar-refractivity contribution in [2.75, 3.05) is 6.61 Å². The van der Waals surface area contributed by atoms with Crippen LogP contribution in [0.15, 0.2) is 17.1 Å². The molecule has 4 atom stereocenters. The van der Waals surface area contributed by atoms with Gasteiger partial charge in [0.2, 0.25) is 0 Å². The molecule has 0 unspecified atom stereocenters. The quantitative estimate of drug-likeness (QED) is 0.288. The van der Waals surface area contributed by atoms with Crippen LogP contribution in [0.3, 0.4) is 0 Å². The maximum absolute atomic E-state index is 11.2. The van der Waals surface area contributed by atoms with Crippen molar-refractivity contribution in [3.63, 3.8) is 0 Å². The van der Waals surface area contributed by atoms with Crippen LogP contribution in [0.1, 0.15) is 6.92 Å². The van der Waals surface area contributed by atoms with Gasteiger partial charge in [-0.15, -0.1) is 0 Å². The van der Waals surface area contributed by atoms with Crippen LogP contribution >= 0.6 is 0 Å². The van der Waals surface area contributed by atoms with E-state index in [1.54, 1.807) is 0 Å². The molecule has 1 aliphatic heterocycles. The molecule has 1 fully saturated rings. The number of aliphatic hydroxyl groups excluding tert-OH is 2. The van der Waals surface area contributed by atoms with E-state index >= 15 is 0 Å². The average molecular weight is 336 g/mol. The number of hydrogen-bond acceptors (Lipinski definition) is 6. The van der Waals surface area contributed by atoms with Gasteiger partial charge in [-0.25, -0.2) is 0 Å². The minimum absolute atomic E-state index is 0.268. The van der Waals surface area contributed by atoms with E-state index in [0.717, 1.165) is 0 Å². The molecule has 1 aromatic rings. The standard InChI is InChI=1S/C10H15N3O5Se/c1-9(13-3-2-6(15)12-8(13)19)10(11,17)7(16)5(4-14)18-9/h2-3,5,7,14,16-17H,4,11H2,1H3,(H,12,15,19)/t5-,7-,9-,10-/m1/s1. The van der Waals surface area contributed by atoms with Crippen molar-refractivity contribution in [3.8, 4) is 0 Å². The molecule has 1 aromatic heterocycles. The first-order valence-corrected chi connectivity index (χ1v) is 6.40. The second-order valence-corrected chi connectivity index (χ2v) is 5.38. The van der Waals surface area contributed by atoms with E-state index in [1.165, 1.54) is 23.8 Å². The topological polar surface area (TPSA) is 134 Å². The number of aliphatic hydroxyl groups is 3. The Kier molecular flexibility index (Phi) is 3.56. The fraction of sp³-hybridized carbons (Fsp3) is 0.600. The van der Waals surface area contributed by atoms with Crippen molar-refractivity contribution in [1.29, 1.82) is 0 Å². The predicted octanol–water partition coefficient (Wildman–Crippen LogP) is -3.05. The molecule has 19 heavy (non-hydrogen) atoms. The molecular weight excluding hydrogens is 321 g/mol. The number of hydrogen-bond donors (Lipinski definition) is 5. The molecule has 0 bridgehead atoms. The van der Waals surface area contributed by atoms with Crippen molar-refractivity contribution in [2.45, 2.75) is 30.6 Å². The summed E-state index contributed by atoms with van der Waals surface area (Å²) in [5.41, 5.74) is 1.72. The van der Waals surface area contributed by atoms with Crippen molar-refractivity contribution in [2.24, 2.45) is 5.73 Å². The van der Waals surface area contributed by atoms with Crippen LogP contribution in [-0.2, 0) is 10.5 Å². The Morgan fingerprint density at radius 2 is 2.32 bits per heavy atom. The maximum atomic E-state index is 11.2. The van der Waals surface area contributed by atoms with Crippen LogP contribution in [0.25, 0.3) is 0 Å². The minimum atomic E-state index is -2.14. The number of aromatic nitrogens is 2. The van der Waals surface area contributed by atoms with Crippen molar-refractivity contribution >= 4 is 15.6 Å². The molecule has 0 aliphatic carbocycles. The summed E-state index contributed by atoms with van der Waals surface area (Å²) < 4.78 is 7.10. The molecule has 2 rings (SSSR count). The Hall–Kier alpha value is -0.801. The van der Waals surface area contributed by atoms with E-state index in [9.17, 15) is 15.0 Å². The summed E-state index contributed by atoms with van der Waals surface area (Å²) in [5, 5.41) is 29.3. The zero-order valence-electron chi connectivity index (χ0n) is 10.1. The number of rotatable bonds is 2. The van der Waals surface area contributed by atoms with Crippen LogP contribution in [0.5, 0.6) is 0 Å². The third-order valence-electron chi connectivity index (χ3n) is 3.39. The second-order valence-electron chi connectivity index (χ2n) is 4.57. The van der Waals surface area contributed by atoms with Crippen molar-refractivity contribution < 1.29 is 20.1 Å². The van der Waals surface area contributed by atoms with Crippen LogP contribution in [0, 0.1) is 4.32 Å². The predicted molar refractivity (Wildman–Crippen MR) is 64.8 cm³/mol. The molecule has 0 aromatic carbocycles. The van der Waals surface area contributed by atoms with Crippen LogP contribution in [-0.4, -0.2) is 65.0 Å². The van der Waals surface area contributed by atoms with Crippen molar-refractivity contribution in [1.82, 2.24) is 9.55 Å². The molecule has 0 spiro atoms. The summed E-state index contributed by atoms with van der Waals surface area (Å²) in [5.74, 6) is 0. The average Bonchev–Trinajstić information content (AvgIpc) is 2.50. The van der Waals surface area contributed by atoms with Gasteiger partial charge in [0.05, 0.1) is 0 Å². The molecule has 6 N–H and O–H groups in total. The van der Waals surface area contributed by atoms with E-state index < -0.39 is 30.3 Å². The molecule has 0 radical (unpaired) electrons. The van der Waals surface area contributed by atoms with Gasteiger partial charge in [-0.3, -0.25) is 0 Å². The van der Waals surface area contributed by atoms with Crippen LogP contribution in [0.4, 0.5) is 0 Å². The number of aromatic amines is 1. The Bertz CT molecular complexity index is 597. The van der Waals surface area contributed by atoms with Gasteiger partial charge in [-0.1, -0.05) is 0 Å². The monoisotopic (exact) mass is 337 g/mol. The fourth-order valence-electron chi connectivity index (χ4n) is 2.15. The van der Waals surface area contributed by atoms with Gasteiger partial charge in [0.15, 0.2) is 0 Å². The summed E-state index contributed by atoms with van der Waals surface area (Å²) >= 11 is 2.62. The zero-order chi connectivity index (χ0) is 14.4. The van der Waals surface area contributed by atoms with Crippen molar-refractivity contribution in [3.05, 3.63) is 26.9 Å². The normalized spacial score (nSPS) is 38.6. The van der Waals surface area contributed by atoms with Gasteiger partial charge in [-0.2, -0.15) is 0 Å². The number of nitrogens with two attached hydrogens (primary N) is 1. The third-order valence-corrected chi connectivity index (χ3v) is 4.02. The molecule has 1 aliphatic rings.